The third-order valence-corrected chi connectivity index (χ3v) is 1.73. The maximum atomic E-state index is 3.19. The molecule has 52 valence electrons. The van der Waals surface area contributed by atoms with Gasteiger partial charge in [0.15, 0.2) is 0 Å². The largest absolute Gasteiger partial charge is 0.366 e. The summed E-state index contributed by atoms with van der Waals surface area (Å²) in [6, 6.07) is 0. The van der Waals surface area contributed by atoms with E-state index in [9.17, 15) is 0 Å². The molecular formula is C8H10N2. The molecule has 2 aliphatic rings. The highest BCUT2D eigenvalue weighted by Crippen LogP contribution is 2.14. The fourth-order valence-electron chi connectivity index (χ4n) is 1.21. The molecule has 2 aliphatic heterocycles. The Hall–Kier alpha value is -1.18. The highest BCUT2D eigenvalue weighted by Gasteiger charge is 2.15. The molecule has 10 heavy (non-hydrogen) atoms. The van der Waals surface area contributed by atoms with Crippen LogP contribution in [0.25, 0.3) is 0 Å². The van der Waals surface area contributed by atoms with E-state index in [0.29, 0.717) is 6.17 Å². The van der Waals surface area contributed by atoms with Crippen LogP contribution in [0.2, 0.25) is 0 Å². The lowest BCUT2D eigenvalue weighted by atomic mass is 10.2. The van der Waals surface area contributed by atoms with Gasteiger partial charge >= 0.3 is 0 Å². The molecule has 1 unspecified atom stereocenters. The molecule has 0 fully saturated rings. The van der Waals surface area contributed by atoms with E-state index in [1.165, 1.54) is 5.57 Å². The van der Waals surface area contributed by atoms with Crippen LogP contribution in [0, 0.1) is 0 Å². The van der Waals surface area contributed by atoms with Crippen LogP contribution in [0.1, 0.15) is 6.92 Å². The number of allylic oxidation sites excluding steroid dienone is 2. The van der Waals surface area contributed by atoms with Crippen LogP contribution < -0.4 is 5.32 Å². The molecule has 0 amide bonds. The van der Waals surface area contributed by atoms with E-state index in [1.807, 2.05) is 12.4 Å². The van der Waals surface area contributed by atoms with E-state index in [2.05, 4.69) is 35.5 Å². The van der Waals surface area contributed by atoms with Crippen LogP contribution in [0.5, 0.6) is 0 Å². The van der Waals surface area contributed by atoms with Crippen LogP contribution in [0.3, 0.4) is 0 Å². The standard InChI is InChI=1S/C8H10N2/c1-7-2-3-8-9-4-5-10(8)6-7/h2-6,8-9H,1H3. The molecular weight excluding hydrogens is 124 g/mol. The SMILES string of the molecule is CC1=CN2C=CNC2C=C1. The maximum absolute atomic E-state index is 3.19. The van der Waals surface area contributed by atoms with Gasteiger partial charge in [0.1, 0.15) is 6.17 Å². The van der Waals surface area contributed by atoms with Crippen molar-refractivity contribution in [2.24, 2.45) is 0 Å². The first-order valence-corrected chi connectivity index (χ1v) is 3.43. The van der Waals surface area contributed by atoms with Gasteiger partial charge in [-0.05, 0) is 18.6 Å². The summed E-state index contributed by atoms with van der Waals surface area (Å²) in [6.45, 7) is 2.10. The van der Waals surface area contributed by atoms with Gasteiger partial charge in [0.05, 0.1) is 0 Å². The molecule has 0 aromatic heterocycles. The summed E-state index contributed by atoms with van der Waals surface area (Å²) in [5, 5.41) is 3.19. The van der Waals surface area contributed by atoms with Crippen LogP contribution >= 0.6 is 0 Å². The lowest BCUT2D eigenvalue weighted by molar-refractivity contribution is 0.423. The number of hydrogen-bond acceptors (Lipinski definition) is 2. The second-order valence-electron chi connectivity index (χ2n) is 2.61. The smallest absolute Gasteiger partial charge is 0.122 e. The summed E-state index contributed by atoms with van der Waals surface area (Å²) in [5.41, 5.74) is 1.30. The lowest BCUT2D eigenvalue weighted by Crippen LogP contribution is -2.31. The minimum atomic E-state index is 0.365. The third kappa shape index (κ3) is 0.727. The third-order valence-electron chi connectivity index (χ3n) is 1.73. The van der Waals surface area contributed by atoms with E-state index in [-0.39, 0.29) is 0 Å². The van der Waals surface area contributed by atoms with Crippen molar-refractivity contribution in [1.82, 2.24) is 10.2 Å². The molecule has 0 aromatic carbocycles. The van der Waals surface area contributed by atoms with Gasteiger partial charge in [0.25, 0.3) is 0 Å². The Morgan fingerprint density at radius 2 is 2.50 bits per heavy atom. The van der Waals surface area contributed by atoms with Gasteiger partial charge in [-0.25, -0.2) is 0 Å². The molecule has 2 rings (SSSR count). The van der Waals surface area contributed by atoms with Gasteiger partial charge in [-0.3, -0.25) is 0 Å². The molecule has 0 radical (unpaired) electrons. The molecule has 0 aromatic rings. The van der Waals surface area contributed by atoms with E-state index < -0.39 is 0 Å². The normalized spacial score (nSPS) is 27.9. The Balaban J connectivity index is 2.26. The topological polar surface area (TPSA) is 15.3 Å². The summed E-state index contributed by atoms with van der Waals surface area (Å²) >= 11 is 0. The molecule has 0 aliphatic carbocycles. The first-order chi connectivity index (χ1) is 4.86. The van der Waals surface area contributed by atoms with E-state index >= 15 is 0 Å². The molecule has 0 spiro atoms. The van der Waals surface area contributed by atoms with Crippen molar-refractivity contribution in [3.8, 4) is 0 Å². The molecule has 2 nitrogen and oxygen atoms in total. The monoisotopic (exact) mass is 134 g/mol. The summed E-state index contributed by atoms with van der Waals surface area (Å²) < 4.78 is 0. The fraction of sp³-hybridized carbons (Fsp3) is 0.250. The van der Waals surface area contributed by atoms with Gasteiger partial charge in [-0.2, -0.15) is 0 Å². The molecule has 0 saturated carbocycles. The van der Waals surface area contributed by atoms with Crippen LogP contribution in [-0.4, -0.2) is 11.1 Å². The van der Waals surface area contributed by atoms with Crippen LogP contribution in [0.4, 0.5) is 0 Å². The summed E-state index contributed by atoms with van der Waals surface area (Å²) in [4.78, 5) is 2.15. The number of fused-ring (bicyclic) bond motifs is 1. The average Bonchev–Trinajstić information content (AvgIpc) is 2.33. The van der Waals surface area contributed by atoms with Crippen molar-refractivity contribution in [1.29, 1.82) is 0 Å². The van der Waals surface area contributed by atoms with E-state index in [1.54, 1.807) is 0 Å². The van der Waals surface area contributed by atoms with Crippen molar-refractivity contribution in [2.45, 2.75) is 13.1 Å². The van der Waals surface area contributed by atoms with E-state index in [0.717, 1.165) is 0 Å². The first-order valence-electron chi connectivity index (χ1n) is 3.43. The summed E-state index contributed by atoms with van der Waals surface area (Å²) in [6.07, 6.45) is 10.8. The van der Waals surface area contributed by atoms with Crippen LogP contribution in [-0.2, 0) is 0 Å². The zero-order valence-corrected chi connectivity index (χ0v) is 5.91. The Morgan fingerprint density at radius 3 is 3.40 bits per heavy atom. The lowest BCUT2D eigenvalue weighted by Gasteiger charge is -2.22. The Bertz CT molecular complexity index is 225. The first kappa shape index (κ1) is 5.59. The Labute approximate surface area is 60.5 Å². The Morgan fingerprint density at radius 1 is 1.60 bits per heavy atom. The highest BCUT2D eigenvalue weighted by molar-refractivity contribution is 5.25. The van der Waals surface area contributed by atoms with Crippen molar-refractivity contribution in [3.05, 3.63) is 36.3 Å². The minimum Gasteiger partial charge on any atom is -0.366 e. The fourth-order valence-corrected chi connectivity index (χ4v) is 1.21. The maximum Gasteiger partial charge on any atom is 0.122 e. The molecule has 2 heteroatoms. The number of rotatable bonds is 0. The van der Waals surface area contributed by atoms with Gasteiger partial charge in [-0.15, -0.1) is 0 Å². The van der Waals surface area contributed by atoms with Crippen molar-refractivity contribution in [3.63, 3.8) is 0 Å². The second-order valence-corrected chi connectivity index (χ2v) is 2.61. The van der Waals surface area contributed by atoms with Gasteiger partial charge in [0, 0.05) is 18.6 Å². The van der Waals surface area contributed by atoms with Crippen LogP contribution in [0.15, 0.2) is 36.3 Å². The minimum absolute atomic E-state index is 0.365. The molecule has 0 bridgehead atoms. The number of hydrogen-bond donors (Lipinski definition) is 1. The molecule has 1 N–H and O–H groups in total. The predicted molar refractivity (Wildman–Crippen MR) is 40.8 cm³/mol. The van der Waals surface area contributed by atoms with Crippen molar-refractivity contribution < 1.29 is 0 Å². The average molecular weight is 134 g/mol. The van der Waals surface area contributed by atoms with Gasteiger partial charge in [0.2, 0.25) is 0 Å². The Kier molecular flexibility index (Phi) is 1.07. The summed E-state index contributed by atoms with van der Waals surface area (Å²) in [7, 11) is 0. The quantitative estimate of drug-likeness (QED) is 0.535. The van der Waals surface area contributed by atoms with E-state index in [4.69, 9.17) is 0 Å². The summed E-state index contributed by atoms with van der Waals surface area (Å²) in [5.74, 6) is 0. The zero-order chi connectivity index (χ0) is 6.97. The van der Waals surface area contributed by atoms with Crippen molar-refractivity contribution in [2.75, 3.05) is 0 Å². The molecule has 1 atom stereocenters. The highest BCUT2D eigenvalue weighted by atomic mass is 15.3. The van der Waals surface area contributed by atoms with Crippen molar-refractivity contribution >= 4 is 0 Å². The predicted octanol–water partition coefficient (Wildman–Crippen LogP) is 1.16. The number of nitrogens with one attached hydrogen (secondary N) is 1. The zero-order valence-electron chi connectivity index (χ0n) is 5.91. The second kappa shape index (κ2) is 1.90. The van der Waals surface area contributed by atoms with Gasteiger partial charge in [-0.1, -0.05) is 6.08 Å². The molecule has 2 heterocycles. The number of nitrogens with zero attached hydrogens (tertiary/aromatic N) is 1. The van der Waals surface area contributed by atoms with Gasteiger partial charge < -0.3 is 10.2 Å². The molecule has 0 saturated heterocycles.